The molecule has 0 saturated heterocycles. The van der Waals surface area contributed by atoms with Crippen LogP contribution >= 0.6 is 0 Å². The first-order valence-corrected chi connectivity index (χ1v) is 12.0. The van der Waals surface area contributed by atoms with Gasteiger partial charge < -0.3 is 0 Å². The zero-order valence-corrected chi connectivity index (χ0v) is 20.7. The summed E-state index contributed by atoms with van der Waals surface area (Å²) in [6.07, 6.45) is -4.47. The maximum absolute atomic E-state index is 14.3. The van der Waals surface area contributed by atoms with Crippen LogP contribution in [0.2, 0.25) is 0 Å². The Morgan fingerprint density at radius 1 is 0.585 bits per heavy atom. The van der Waals surface area contributed by atoms with Gasteiger partial charge >= 0.3 is 6.18 Å². The summed E-state index contributed by atoms with van der Waals surface area (Å²) in [5.41, 5.74) is 5.32. The summed E-state index contributed by atoms with van der Waals surface area (Å²) in [4.78, 5) is 6.82. The van der Waals surface area contributed by atoms with Crippen LogP contribution in [0.3, 0.4) is 0 Å². The first kappa shape index (κ1) is 25.3. The van der Waals surface area contributed by atoms with Crippen molar-refractivity contribution in [2.45, 2.75) is 6.18 Å². The zero-order valence-electron chi connectivity index (χ0n) is 20.7. The monoisotopic (exact) mass is 540 g/mol. The van der Waals surface area contributed by atoms with Crippen molar-refractivity contribution in [3.63, 3.8) is 0 Å². The summed E-state index contributed by atoms with van der Waals surface area (Å²) in [5, 5.41) is 19.5. The lowest BCUT2D eigenvalue weighted by Gasteiger charge is -2.10. The fourth-order valence-corrected chi connectivity index (χ4v) is 5.51. The van der Waals surface area contributed by atoms with Gasteiger partial charge in [0.15, 0.2) is 0 Å². The zero-order chi connectivity index (χ0) is 29.1. The minimum atomic E-state index is -4.47. The van der Waals surface area contributed by atoms with E-state index < -0.39 is 17.6 Å². The number of benzene rings is 4. The van der Waals surface area contributed by atoms with Gasteiger partial charge in [0, 0.05) is 11.1 Å². The van der Waals surface area contributed by atoms with Gasteiger partial charge in [0.25, 0.3) is 11.4 Å². The van der Waals surface area contributed by atoms with E-state index in [2.05, 4.69) is 9.69 Å². The molecule has 0 heterocycles. The molecule has 4 nitrogen and oxygen atoms in total. The summed E-state index contributed by atoms with van der Waals surface area (Å²) in [5.74, 6) is -0.523. The smallest absolute Gasteiger partial charge is 0.226 e. The fourth-order valence-electron chi connectivity index (χ4n) is 5.51. The van der Waals surface area contributed by atoms with Gasteiger partial charge in [-0.1, -0.05) is 30.3 Å². The van der Waals surface area contributed by atoms with Gasteiger partial charge in [-0.25, -0.2) is 24.6 Å². The van der Waals surface area contributed by atoms with Crippen LogP contribution in [0.4, 0.5) is 17.6 Å². The molecule has 0 unspecified atom stereocenters. The highest BCUT2D eigenvalue weighted by Crippen LogP contribution is 2.54. The standard InChI is InChI=1S/C33H12F4N4/c1-40-29(15-38)31-25-11-18(17-3-6-19(7-4-17)33(35,36)37)5-9-21(25)23-13-28-24(14-27(23)31)22-10-8-20(34)12-26(22)32(28)30(16-39)41-2/h3-14H. The van der Waals surface area contributed by atoms with E-state index in [4.69, 9.17) is 13.1 Å². The van der Waals surface area contributed by atoms with Crippen LogP contribution in [0, 0.1) is 41.6 Å². The molecule has 0 spiro atoms. The molecule has 4 aromatic rings. The van der Waals surface area contributed by atoms with Gasteiger partial charge in [0.05, 0.1) is 30.8 Å². The molecule has 0 fully saturated rings. The molecular weight excluding hydrogens is 528 g/mol. The maximum Gasteiger partial charge on any atom is 0.416 e. The minimum Gasteiger partial charge on any atom is -0.226 e. The van der Waals surface area contributed by atoms with Crippen LogP contribution in [0.5, 0.6) is 0 Å². The molecule has 0 aliphatic heterocycles. The van der Waals surface area contributed by atoms with Crippen molar-refractivity contribution in [1.82, 2.24) is 0 Å². The number of fused-ring (bicyclic) bond motifs is 6. The number of alkyl halides is 3. The third kappa shape index (κ3) is 3.79. The summed E-state index contributed by atoms with van der Waals surface area (Å²) < 4.78 is 53.5. The predicted octanol–water partition coefficient (Wildman–Crippen LogP) is 8.88. The average molecular weight is 540 g/mol. The van der Waals surface area contributed by atoms with Gasteiger partial charge in [0.2, 0.25) is 0 Å². The van der Waals surface area contributed by atoms with Gasteiger partial charge in [-0.15, -0.1) is 0 Å². The van der Waals surface area contributed by atoms with E-state index in [0.29, 0.717) is 66.8 Å². The summed E-state index contributed by atoms with van der Waals surface area (Å²) in [7, 11) is 0. The molecule has 0 N–H and O–H groups in total. The average Bonchev–Trinajstić information content (AvgIpc) is 3.44. The molecular formula is C33H12F4N4. The van der Waals surface area contributed by atoms with Crippen molar-refractivity contribution >= 4 is 11.1 Å². The molecule has 0 bridgehead atoms. The molecule has 0 amide bonds. The Kier molecular flexibility index (Phi) is 5.60. The van der Waals surface area contributed by atoms with E-state index >= 15 is 0 Å². The number of allylic oxidation sites excluding steroid dienone is 2. The quantitative estimate of drug-likeness (QED) is 0.119. The summed E-state index contributed by atoms with van der Waals surface area (Å²) in [6.45, 7) is 15.2. The van der Waals surface area contributed by atoms with Crippen molar-refractivity contribution in [2.75, 3.05) is 0 Å². The normalized spacial score (nSPS) is 14.8. The lowest BCUT2D eigenvalue weighted by molar-refractivity contribution is -0.137. The SMILES string of the molecule is [C-]#[N+]C(C#N)=C1c2cc(F)ccc2-c2cc3c(cc21)-c1ccc(-c2ccc(C(F)(F)F)cc2)cc1C3=C(C#N)[N+]#[C-]. The van der Waals surface area contributed by atoms with Gasteiger partial charge in [-0.2, -0.15) is 13.2 Å². The van der Waals surface area contributed by atoms with Crippen molar-refractivity contribution in [2.24, 2.45) is 0 Å². The van der Waals surface area contributed by atoms with E-state index in [1.165, 1.54) is 24.3 Å². The number of halogens is 4. The van der Waals surface area contributed by atoms with Gasteiger partial charge in [-0.05, 0) is 98.1 Å². The highest BCUT2D eigenvalue weighted by Gasteiger charge is 2.34. The van der Waals surface area contributed by atoms with Crippen LogP contribution in [-0.2, 0) is 6.18 Å². The number of nitrogens with zero attached hydrogens (tertiary/aromatic N) is 4. The number of hydrogen-bond donors (Lipinski definition) is 0. The van der Waals surface area contributed by atoms with E-state index in [9.17, 15) is 28.1 Å². The Morgan fingerprint density at radius 3 is 1.54 bits per heavy atom. The van der Waals surface area contributed by atoms with Crippen LogP contribution in [0.1, 0.15) is 27.8 Å². The molecule has 4 aromatic carbocycles. The highest BCUT2D eigenvalue weighted by molar-refractivity contribution is 6.11. The highest BCUT2D eigenvalue weighted by atomic mass is 19.4. The Bertz CT molecular complexity index is 2040. The molecule has 2 aliphatic rings. The molecule has 6 rings (SSSR count). The molecule has 0 saturated carbocycles. The van der Waals surface area contributed by atoms with E-state index in [1.54, 1.807) is 36.4 Å². The van der Waals surface area contributed by atoms with Crippen LogP contribution in [0.15, 0.2) is 84.2 Å². The van der Waals surface area contributed by atoms with Crippen molar-refractivity contribution in [3.8, 4) is 45.5 Å². The summed E-state index contributed by atoms with van der Waals surface area (Å²) in [6, 6.07) is 21.5. The topological polar surface area (TPSA) is 56.3 Å². The largest absolute Gasteiger partial charge is 0.416 e. The summed E-state index contributed by atoms with van der Waals surface area (Å²) >= 11 is 0. The molecule has 192 valence electrons. The molecule has 8 heteroatoms. The molecule has 0 atom stereocenters. The van der Waals surface area contributed by atoms with Crippen LogP contribution < -0.4 is 0 Å². The molecule has 0 aromatic heterocycles. The molecule has 41 heavy (non-hydrogen) atoms. The second kappa shape index (κ2) is 9.06. The fraction of sp³-hybridized carbons (Fsp3) is 0.0303. The maximum atomic E-state index is 14.3. The number of rotatable bonds is 1. The Morgan fingerprint density at radius 2 is 1.05 bits per heavy atom. The number of nitriles is 2. The Hall–Kier alpha value is -5.96. The van der Waals surface area contributed by atoms with E-state index in [-0.39, 0.29) is 11.4 Å². The Balaban J connectivity index is 1.61. The van der Waals surface area contributed by atoms with E-state index in [1.807, 2.05) is 12.1 Å². The van der Waals surface area contributed by atoms with Crippen molar-refractivity contribution in [1.29, 1.82) is 10.5 Å². The second-order valence-electron chi connectivity index (χ2n) is 9.36. The molecule has 0 radical (unpaired) electrons. The van der Waals surface area contributed by atoms with Crippen LogP contribution in [0.25, 0.3) is 54.2 Å². The van der Waals surface area contributed by atoms with Crippen molar-refractivity contribution in [3.05, 3.63) is 141 Å². The Labute approximate surface area is 231 Å². The van der Waals surface area contributed by atoms with Crippen molar-refractivity contribution < 1.29 is 17.6 Å². The lowest BCUT2D eigenvalue weighted by atomic mass is 9.95. The minimum absolute atomic E-state index is 0.165. The van der Waals surface area contributed by atoms with Gasteiger partial charge in [0.1, 0.15) is 5.82 Å². The first-order valence-electron chi connectivity index (χ1n) is 12.0. The third-order valence-electron chi connectivity index (χ3n) is 7.27. The van der Waals surface area contributed by atoms with Gasteiger partial charge in [-0.3, -0.25) is 0 Å². The second-order valence-corrected chi connectivity index (χ2v) is 9.36. The molecule has 2 aliphatic carbocycles. The van der Waals surface area contributed by atoms with Crippen LogP contribution in [-0.4, -0.2) is 0 Å². The third-order valence-corrected chi connectivity index (χ3v) is 7.27. The predicted molar refractivity (Wildman–Crippen MR) is 144 cm³/mol. The number of hydrogen-bond acceptors (Lipinski definition) is 2. The first-order chi connectivity index (χ1) is 19.7. The van der Waals surface area contributed by atoms with E-state index in [0.717, 1.165) is 12.1 Å². The lowest BCUT2D eigenvalue weighted by Crippen LogP contribution is -2.03.